The van der Waals surface area contributed by atoms with E-state index in [-0.39, 0.29) is 36.5 Å². The highest BCUT2D eigenvalue weighted by molar-refractivity contribution is 5.89. The highest BCUT2D eigenvalue weighted by Gasteiger charge is 2.35. The number of amides is 1. The van der Waals surface area contributed by atoms with E-state index in [9.17, 15) is 9.59 Å². The fourth-order valence-corrected chi connectivity index (χ4v) is 2.28. The van der Waals surface area contributed by atoms with Crippen molar-refractivity contribution in [2.45, 2.75) is 64.8 Å². The van der Waals surface area contributed by atoms with Crippen LogP contribution in [0, 0.1) is 0 Å². The molecule has 4 N–H and O–H groups in total. The topological polar surface area (TPSA) is 128 Å². The molecule has 0 aliphatic heterocycles. The lowest BCUT2D eigenvalue weighted by Crippen LogP contribution is -2.57. The minimum atomic E-state index is -0.424. The Balaban J connectivity index is 0.00000163. The summed E-state index contributed by atoms with van der Waals surface area (Å²) in [5.74, 6) is -0.534. The third-order valence-electron chi connectivity index (χ3n) is 3.51. The highest BCUT2D eigenvalue weighted by atomic mass is 16.5. The summed E-state index contributed by atoms with van der Waals surface area (Å²) in [6, 6.07) is -0.720. The molecule has 24 heavy (non-hydrogen) atoms. The summed E-state index contributed by atoms with van der Waals surface area (Å²) in [6.45, 7) is 7.23. The summed E-state index contributed by atoms with van der Waals surface area (Å²) in [5.41, 5.74) is 6.63. The van der Waals surface area contributed by atoms with Crippen molar-refractivity contribution in [3.63, 3.8) is 0 Å². The molecular formula is C16H28N2O6. The zero-order chi connectivity index (χ0) is 18.7. The Labute approximate surface area is 142 Å². The molecule has 0 aromatic carbocycles. The molecule has 1 aliphatic rings. The molecule has 138 valence electrons. The number of carbonyl (C=O) groups excluding carboxylic acids is 2. The second-order valence-electron chi connectivity index (χ2n) is 5.43. The molecule has 0 bridgehead atoms. The maximum Gasteiger partial charge on any atom is 0.333 e. The quantitative estimate of drug-likeness (QED) is 0.475. The third kappa shape index (κ3) is 7.56. The first-order chi connectivity index (χ1) is 11.3. The van der Waals surface area contributed by atoms with Gasteiger partial charge in [0, 0.05) is 18.5 Å². The van der Waals surface area contributed by atoms with Gasteiger partial charge in [0.2, 0.25) is 5.91 Å². The van der Waals surface area contributed by atoms with E-state index in [1.807, 2.05) is 13.8 Å². The molecule has 1 amide bonds. The van der Waals surface area contributed by atoms with Crippen molar-refractivity contribution in [2.24, 2.45) is 5.73 Å². The molecule has 0 spiro atoms. The molecule has 0 heterocycles. The van der Waals surface area contributed by atoms with Crippen LogP contribution in [0.2, 0.25) is 0 Å². The van der Waals surface area contributed by atoms with Gasteiger partial charge in [-0.2, -0.15) is 0 Å². The summed E-state index contributed by atoms with van der Waals surface area (Å²) in [5, 5.41) is 9.71. The summed E-state index contributed by atoms with van der Waals surface area (Å²) >= 11 is 0. The maximum absolute atomic E-state index is 11.9. The normalized spacial score (nSPS) is 23.9. The van der Waals surface area contributed by atoms with Gasteiger partial charge in [-0.05, 0) is 32.8 Å². The van der Waals surface area contributed by atoms with E-state index in [4.69, 9.17) is 25.1 Å². The fourth-order valence-electron chi connectivity index (χ4n) is 2.28. The second-order valence-corrected chi connectivity index (χ2v) is 5.43. The van der Waals surface area contributed by atoms with Gasteiger partial charge in [-0.25, -0.2) is 4.79 Å². The van der Waals surface area contributed by atoms with Gasteiger partial charge in [0.25, 0.3) is 6.47 Å². The summed E-state index contributed by atoms with van der Waals surface area (Å²) in [4.78, 5) is 31.6. The number of carboxylic acid groups (broad SMARTS) is 1. The first-order valence-corrected chi connectivity index (χ1v) is 7.94. The standard InChI is InChI=1S/C15H26N2O4.CH2O2/c1-5-9(3)21-13-8-11(15(19)20-6-2)7-12(16)14(13)17-10(4)18;2-1-3/h8-9,12-14H,5-7,16H2,1-4H3,(H,17,18);1H,(H,2,3)/t9?,12-,13+,14+;/m0./s1. The molecule has 1 rings (SSSR count). The zero-order valence-corrected chi connectivity index (χ0v) is 14.7. The van der Waals surface area contributed by atoms with Crippen LogP contribution in [0.15, 0.2) is 11.6 Å². The van der Waals surface area contributed by atoms with Gasteiger partial charge in [-0.3, -0.25) is 9.59 Å². The Kier molecular flexibility index (Phi) is 10.7. The lowest BCUT2D eigenvalue weighted by molar-refractivity contribution is -0.139. The molecular weight excluding hydrogens is 316 g/mol. The Morgan fingerprint density at radius 1 is 1.50 bits per heavy atom. The van der Waals surface area contributed by atoms with Crippen molar-refractivity contribution < 1.29 is 29.0 Å². The average molecular weight is 344 g/mol. The van der Waals surface area contributed by atoms with Crippen LogP contribution in [-0.2, 0) is 23.9 Å². The average Bonchev–Trinajstić information content (AvgIpc) is 2.50. The lowest BCUT2D eigenvalue weighted by Gasteiger charge is -2.36. The van der Waals surface area contributed by atoms with E-state index >= 15 is 0 Å². The van der Waals surface area contributed by atoms with Crippen molar-refractivity contribution in [1.29, 1.82) is 0 Å². The zero-order valence-electron chi connectivity index (χ0n) is 14.7. The van der Waals surface area contributed by atoms with Gasteiger partial charge >= 0.3 is 5.97 Å². The molecule has 8 heteroatoms. The van der Waals surface area contributed by atoms with E-state index in [1.54, 1.807) is 13.0 Å². The Morgan fingerprint density at radius 3 is 2.54 bits per heavy atom. The van der Waals surface area contributed by atoms with Crippen LogP contribution in [0.1, 0.15) is 40.5 Å². The lowest BCUT2D eigenvalue weighted by atomic mass is 9.88. The fraction of sp³-hybridized carbons (Fsp3) is 0.688. The maximum atomic E-state index is 11.9. The molecule has 1 unspecified atom stereocenters. The van der Waals surface area contributed by atoms with Gasteiger partial charge in [-0.15, -0.1) is 0 Å². The van der Waals surface area contributed by atoms with E-state index in [1.165, 1.54) is 6.92 Å². The molecule has 0 radical (unpaired) electrons. The van der Waals surface area contributed by atoms with Gasteiger partial charge in [0.05, 0.1) is 24.9 Å². The predicted molar refractivity (Wildman–Crippen MR) is 88.2 cm³/mol. The molecule has 0 aromatic rings. The highest BCUT2D eigenvalue weighted by Crippen LogP contribution is 2.23. The monoisotopic (exact) mass is 344 g/mol. The number of nitrogens with one attached hydrogen (secondary N) is 1. The SMILES string of the molecule is CCOC(=O)C1=C[C@@H](OC(C)CC)[C@H](NC(C)=O)[C@@H](N)C1.O=CO. The number of carbonyl (C=O) groups is 3. The number of esters is 1. The van der Waals surface area contributed by atoms with E-state index in [0.29, 0.717) is 18.6 Å². The van der Waals surface area contributed by atoms with Crippen LogP contribution in [0.4, 0.5) is 0 Å². The molecule has 8 nitrogen and oxygen atoms in total. The van der Waals surface area contributed by atoms with E-state index < -0.39 is 6.10 Å². The van der Waals surface area contributed by atoms with Crippen LogP contribution in [-0.4, -0.2) is 54.4 Å². The third-order valence-corrected chi connectivity index (χ3v) is 3.51. The van der Waals surface area contributed by atoms with Crippen molar-refractivity contribution in [3.8, 4) is 0 Å². The largest absolute Gasteiger partial charge is 0.483 e. The first-order valence-electron chi connectivity index (χ1n) is 7.94. The number of hydrogen-bond acceptors (Lipinski definition) is 6. The van der Waals surface area contributed by atoms with Crippen LogP contribution >= 0.6 is 0 Å². The van der Waals surface area contributed by atoms with Gasteiger partial charge in [0.1, 0.15) is 0 Å². The van der Waals surface area contributed by atoms with Crippen LogP contribution < -0.4 is 11.1 Å². The summed E-state index contributed by atoms with van der Waals surface area (Å²) < 4.78 is 10.9. The Hall–Kier alpha value is -1.93. The smallest absolute Gasteiger partial charge is 0.333 e. The minimum absolute atomic E-state index is 0.0104. The summed E-state index contributed by atoms with van der Waals surface area (Å²) in [6.07, 6.45) is 2.52. The predicted octanol–water partition coefficient (Wildman–Crippen LogP) is 0.596. The molecule has 0 fully saturated rings. The number of rotatable bonds is 6. The minimum Gasteiger partial charge on any atom is -0.483 e. The van der Waals surface area contributed by atoms with Crippen LogP contribution in [0.5, 0.6) is 0 Å². The van der Waals surface area contributed by atoms with Crippen LogP contribution in [0.25, 0.3) is 0 Å². The number of hydrogen-bond donors (Lipinski definition) is 3. The van der Waals surface area contributed by atoms with Crippen molar-refractivity contribution in [2.75, 3.05) is 6.61 Å². The Morgan fingerprint density at radius 2 is 2.08 bits per heavy atom. The van der Waals surface area contributed by atoms with Crippen LogP contribution in [0.3, 0.4) is 0 Å². The number of ether oxygens (including phenoxy) is 2. The van der Waals surface area contributed by atoms with Gasteiger partial charge < -0.3 is 25.6 Å². The van der Waals surface area contributed by atoms with Crippen molar-refractivity contribution in [1.82, 2.24) is 5.32 Å². The van der Waals surface area contributed by atoms with Gasteiger partial charge in [-0.1, -0.05) is 6.92 Å². The molecule has 0 saturated heterocycles. The molecule has 0 saturated carbocycles. The molecule has 0 aromatic heterocycles. The molecule has 1 aliphatic carbocycles. The first kappa shape index (κ1) is 22.1. The second kappa shape index (κ2) is 11.6. The van der Waals surface area contributed by atoms with Crippen molar-refractivity contribution >= 4 is 18.3 Å². The molecule has 4 atom stereocenters. The van der Waals surface area contributed by atoms with Gasteiger partial charge in [0.15, 0.2) is 0 Å². The van der Waals surface area contributed by atoms with Crippen molar-refractivity contribution in [3.05, 3.63) is 11.6 Å². The van der Waals surface area contributed by atoms with E-state index in [2.05, 4.69) is 5.32 Å². The Bertz CT molecular complexity index is 452. The summed E-state index contributed by atoms with van der Waals surface area (Å²) in [7, 11) is 0. The number of nitrogens with two attached hydrogens (primary N) is 1. The van der Waals surface area contributed by atoms with E-state index in [0.717, 1.165) is 6.42 Å².